The number of ether oxygens (including phenoxy) is 1. The molecule has 0 aromatic heterocycles. The fourth-order valence-corrected chi connectivity index (χ4v) is 3.74. The molecular weight excluding hydrogens is 242 g/mol. The lowest BCUT2D eigenvalue weighted by molar-refractivity contribution is 0.162. The lowest BCUT2D eigenvalue weighted by Crippen LogP contribution is -2.57. The molecule has 1 atom stereocenters. The van der Waals surface area contributed by atoms with Gasteiger partial charge in [0.25, 0.3) is 0 Å². The summed E-state index contributed by atoms with van der Waals surface area (Å²) in [5.41, 5.74) is 5.65. The molecule has 0 saturated carbocycles. The number of nitrogens with two attached hydrogens (primary N) is 1. The van der Waals surface area contributed by atoms with Crippen LogP contribution in [0.5, 0.6) is 0 Å². The average molecular weight is 265 g/mol. The minimum absolute atomic E-state index is 0.0960. The molecule has 0 aliphatic carbocycles. The van der Waals surface area contributed by atoms with Gasteiger partial charge in [-0.05, 0) is 13.5 Å². The summed E-state index contributed by atoms with van der Waals surface area (Å²) in [4.78, 5) is 2.11. The van der Waals surface area contributed by atoms with Gasteiger partial charge in [0.2, 0.25) is 10.0 Å². The van der Waals surface area contributed by atoms with Crippen molar-refractivity contribution in [3.8, 4) is 0 Å². The molecule has 7 heteroatoms. The van der Waals surface area contributed by atoms with Gasteiger partial charge >= 0.3 is 0 Å². The van der Waals surface area contributed by atoms with E-state index in [4.69, 9.17) is 10.5 Å². The first kappa shape index (κ1) is 14.8. The van der Waals surface area contributed by atoms with Crippen LogP contribution in [0.4, 0.5) is 0 Å². The molecule has 2 N–H and O–H groups in total. The van der Waals surface area contributed by atoms with Crippen LogP contribution >= 0.6 is 0 Å². The van der Waals surface area contributed by atoms with Crippen LogP contribution in [0.15, 0.2) is 0 Å². The van der Waals surface area contributed by atoms with Crippen LogP contribution in [0, 0.1) is 0 Å². The third-order valence-electron chi connectivity index (χ3n) is 3.01. The third-order valence-corrected chi connectivity index (χ3v) is 5.01. The van der Waals surface area contributed by atoms with Crippen molar-refractivity contribution >= 4 is 10.0 Å². The first-order chi connectivity index (χ1) is 8.01. The highest BCUT2D eigenvalue weighted by Crippen LogP contribution is 2.14. The molecule has 0 aromatic rings. The van der Waals surface area contributed by atoms with E-state index in [9.17, 15) is 8.42 Å². The molecule has 0 bridgehead atoms. The molecular formula is C10H23N3O3S. The topological polar surface area (TPSA) is 75.9 Å². The first-order valence-electron chi connectivity index (χ1n) is 5.88. The van der Waals surface area contributed by atoms with E-state index in [1.807, 2.05) is 7.05 Å². The number of hydrogen-bond acceptors (Lipinski definition) is 5. The van der Waals surface area contributed by atoms with Crippen LogP contribution in [0.3, 0.4) is 0 Å². The molecule has 1 saturated heterocycles. The summed E-state index contributed by atoms with van der Waals surface area (Å²) >= 11 is 0. The molecule has 1 rings (SSSR count). The summed E-state index contributed by atoms with van der Waals surface area (Å²) < 4.78 is 30.7. The maximum atomic E-state index is 12.1. The zero-order valence-electron chi connectivity index (χ0n) is 10.6. The van der Waals surface area contributed by atoms with Crippen LogP contribution < -0.4 is 5.73 Å². The number of methoxy groups -OCH3 is 1. The summed E-state index contributed by atoms with van der Waals surface area (Å²) in [5.74, 6) is 0.140. The van der Waals surface area contributed by atoms with Gasteiger partial charge in [-0.2, -0.15) is 4.31 Å². The average Bonchev–Trinajstić information content (AvgIpc) is 2.28. The van der Waals surface area contributed by atoms with Gasteiger partial charge in [0, 0.05) is 45.9 Å². The molecule has 1 unspecified atom stereocenters. The lowest BCUT2D eigenvalue weighted by atomic mass is 10.2. The van der Waals surface area contributed by atoms with Gasteiger partial charge in [-0.25, -0.2) is 8.42 Å². The number of piperazine rings is 1. The largest absolute Gasteiger partial charge is 0.385 e. The van der Waals surface area contributed by atoms with Gasteiger partial charge in [-0.15, -0.1) is 0 Å². The van der Waals surface area contributed by atoms with E-state index in [1.54, 1.807) is 11.4 Å². The number of hydrogen-bond donors (Lipinski definition) is 1. The Morgan fingerprint density at radius 2 is 2.12 bits per heavy atom. The molecule has 0 radical (unpaired) electrons. The van der Waals surface area contributed by atoms with E-state index in [-0.39, 0.29) is 11.8 Å². The normalized spacial score (nSPS) is 24.1. The SMILES string of the molecule is COCCCS(=O)(=O)N1CCN(C)CC1CN. The fraction of sp³-hybridized carbons (Fsp3) is 1.00. The van der Waals surface area contributed by atoms with Crippen molar-refractivity contribution in [2.24, 2.45) is 5.73 Å². The van der Waals surface area contributed by atoms with Crippen LogP contribution in [-0.4, -0.2) is 76.4 Å². The Morgan fingerprint density at radius 3 is 2.71 bits per heavy atom. The molecule has 1 aliphatic heterocycles. The van der Waals surface area contributed by atoms with Gasteiger partial charge in [0.15, 0.2) is 0 Å². The summed E-state index contributed by atoms with van der Waals surface area (Å²) in [7, 11) is 0.365. The van der Waals surface area contributed by atoms with Crippen molar-refractivity contribution in [1.82, 2.24) is 9.21 Å². The highest BCUT2D eigenvalue weighted by molar-refractivity contribution is 7.89. The zero-order chi connectivity index (χ0) is 12.9. The quantitative estimate of drug-likeness (QED) is 0.619. The van der Waals surface area contributed by atoms with Gasteiger partial charge < -0.3 is 15.4 Å². The Bertz CT molecular complexity index is 321. The van der Waals surface area contributed by atoms with E-state index < -0.39 is 10.0 Å². The Kier molecular flexibility index (Phi) is 5.81. The van der Waals surface area contributed by atoms with E-state index >= 15 is 0 Å². The Morgan fingerprint density at radius 1 is 1.41 bits per heavy atom. The molecule has 1 fully saturated rings. The van der Waals surface area contributed by atoms with Crippen LogP contribution in [-0.2, 0) is 14.8 Å². The Hall–Kier alpha value is -0.210. The maximum absolute atomic E-state index is 12.1. The van der Waals surface area contributed by atoms with Gasteiger partial charge in [-0.3, -0.25) is 0 Å². The van der Waals surface area contributed by atoms with Gasteiger partial charge in [0.05, 0.1) is 5.75 Å². The molecule has 0 aromatic carbocycles. The molecule has 102 valence electrons. The van der Waals surface area contributed by atoms with Crippen LogP contribution in [0.2, 0.25) is 0 Å². The third kappa shape index (κ3) is 4.18. The number of likely N-dealkylation sites (N-methyl/N-ethyl adjacent to an activating group) is 1. The first-order valence-corrected chi connectivity index (χ1v) is 7.49. The summed E-state index contributed by atoms with van der Waals surface area (Å²) in [6, 6.07) is -0.0960. The van der Waals surface area contributed by atoms with E-state index in [2.05, 4.69) is 4.90 Å². The highest BCUT2D eigenvalue weighted by atomic mass is 32.2. The van der Waals surface area contributed by atoms with Crippen molar-refractivity contribution in [1.29, 1.82) is 0 Å². The van der Waals surface area contributed by atoms with Crippen molar-refractivity contribution in [3.05, 3.63) is 0 Å². The van der Waals surface area contributed by atoms with Gasteiger partial charge in [-0.1, -0.05) is 0 Å². The van der Waals surface area contributed by atoms with Crippen LogP contribution in [0.25, 0.3) is 0 Å². The standard InChI is InChI=1S/C10H23N3O3S/c1-12-4-5-13(10(8-11)9-12)17(14,15)7-3-6-16-2/h10H,3-9,11H2,1-2H3. The number of sulfonamides is 1. The Labute approximate surface area is 104 Å². The summed E-state index contributed by atoms with van der Waals surface area (Å²) in [6.45, 7) is 2.85. The van der Waals surface area contributed by atoms with Crippen molar-refractivity contribution < 1.29 is 13.2 Å². The summed E-state index contributed by atoms with van der Waals surface area (Å²) in [6.07, 6.45) is 0.530. The molecule has 1 heterocycles. The highest BCUT2D eigenvalue weighted by Gasteiger charge is 2.32. The molecule has 17 heavy (non-hydrogen) atoms. The molecule has 1 aliphatic rings. The van der Waals surface area contributed by atoms with Crippen molar-refractivity contribution in [3.63, 3.8) is 0 Å². The second-order valence-corrected chi connectivity index (χ2v) is 6.47. The zero-order valence-corrected chi connectivity index (χ0v) is 11.4. The second kappa shape index (κ2) is 6.65. The monoisotopic (exact) mass is 265 g/mol. The predicted molar refractivity (Wildman–Crippen MR) is 67.3 cm³/mol. The minimum Gasteiger partial charge on any atom is -0.385 e. The predicted octanol–water partition coefficient (Wildman–Crippen LogP) is -1.07. The smallest absolute Gasteiger partial charge is 0.214 e. The summed E-state index contributed by atoms with van der Waals surface area (Å²) in [5, 5.41) is 0. The van der Waals surface area contributed by atoms with Crippen LogP contribution in [0.1, 0.15) is 6.42 Å². The van der Waals surface area contributed by atoms with Gasteiger partial charge in [0.1, 0.15) is 0 Å². The molecule has 6 nitrogen and oxygen atoms in total. The number of nitrogens with zero attached hydrogens (tertiary/aromatic N) is 2. The van der Waals surface area contributed by atoms with E-state index in [0.717, 1.165) is 6.54 Å². The second-order valence-electron chi connectivity index (χ2n) is 4.42. The maximum Gasteiger partial charge on any atom is 0.214 e. The van der Waals surface area contributed by atoms with E-state index in [1.165, 1.54) is 0 Å². The Balaban J connectivity index is 2.62. The fourth-order valence-electron chi connectivity index (χ4n) is 2.06. The number of rotatable bonds is 6. The molecule has 0 spiro atoms. The minimum atomic E-state index is -3.19. The lowest BCUT2D eigenvalue weighted by Gasteiger charge is -2.38. The van der Waals surface area contributed by atoms with Crippen molar-refractivity contribution in [2.75, 3.05) is 52.7 Å². The van der Waals surface area contributed by atoms with Crippen molar-refractivity contribution in [2.45, 2.75) is 12.5 Å². The molecule has 0 amide bonds. The van der Waals surface area contributed by atoms with E-state index in [0.29, 0.717) is 32.7 Å².